The number of carbonyl (C=O) groups is 2. The first-order valence-electron chi connectivity index (χ1n) is 12.9. The van der Waals surface area contributed by atoms with E-state index in [4.69, 9.17) is 9.84 Å². The Labute approximate surface area is 213 Å². The zero-order chi connectivity index (χ0) is 25.7. The highest BCUT2D eigenvalue weighted by atomic mass is 16.5. The highest BCUT2D eigenvalue weighted by molar-refractivity contribution is 5.82. The van der Waals surface area contributed by atoms with Crippen molar-refractivity contribution in [3.63, 3.8) is 0 Å². The number of aryl methyl sites for hydroxylation is 1. The van der Waals surface area contributed by atoms with Gasteiger partial charge in [-0.05, 0) is 37.8 Å². The number of methoxy groups -OCH3 is 1. The smallest absolute Gasteiger partial charge is 0.406 e. The van der Waals surface area contributed by atoms with Crippen molar-refractivity contribution in [2.75, 3.05) is 33.4 Å². The Bertz CT molecular complexity index is 1030. The summed E-state index contributed by atoms with van der Waals surface area (Å²) in [6.07, 6.45) is 1.84. The fourth-order valence-corrected chi connectivity index (χ4v) is 4.88. The zero-order valence-electron chi connectivity index (χ0n) is 21.8. The van der Waals surface area contributed by atoms with Crippen LogP contribution in [0.1, 0.15) is 63.0 Å². The van der Waals surface area contributed by atoms with Crippen LogP contribution in [0, 0.1) is 0 Å². The third-order valence-electron chi connectivity index (χ3n) is 7.18. The monoisotopic (exact) mass is 497 g/mol. The molecule has 2 fully saturated rings. The highest BCUT2D eigenvalue weighted by Crippen LogP contribution is 2.38. The summed E-state index contributed by atoms with van der Waals surface area (Å²) in [6.45, 7) is 9.45. The zero-order valence-corrected chi connectivity index (χ0v) is 21.8. The Kier molecular flexibility index (Phi) is 8.31. The molecule has 1 aliphatic carbocycles. The van der Waals surface area contributed by atoms with Gasteiger partial charge in [0.1, 0.15) is 6.10 Å². The molecule has 2 heterocycles. The van der Waals surface area contributed by atoms with E-state index < -0.39 is 12.2 Å². The summed E-state index contributed by atoms with van der Waals surface area (Å²) < 4.78 is 12.5. The minimum Gasteiger partial charge on any atom is -0.453 e. The lowest BCUT2D eigenvalue weighted by atomic mass is 9.81. The number of aromatic nitrogens is 2. The molecule has 1 aromatic heterocycles. The summed E-state index contributed by atoms with van der Waals surface area (Å²) in [7, 11) is 1.36. The van der Waals surface area contributed by atoms with Gasteiger partial charge >= 0.3 is 6.09 Å². The van der Waals surface area contributed by atoms with Gasteiger partial charge in [0, 0.05) is 43.3 Å². The molecule has 1 saturated carbocycles. The summed E-state index contributed by atoms with van der Waals surface area (Å²) in [5.74, 6) is 0.0397. The van der Waals surface area contributed by atoms with E-state index in [1.165, 1.54) is 12.7 Å². The summed E-state index contributed by atoms with van der Waals surface area (Å²) in [6, 6.07) is 12.6. The Morgan fingerprint density at radius 3 is 2.69 bits per heavy atom. The van der Waals surface area contributed by atoms with Crippen LogP contribution in [0.4, 0.5) is 4.79 Å². The van der Waals surface area contributed by atoms with E-state index in [1.54, 1.807) is 0 Å². The van der Waals surface area contributed by atoms with Crippen molar-refractivity contribution < 1.29 is 19.1 Å². The molecule has 9 heteroatoms. The SMILES string of the molecule is COC(=O)NCCCn1nc([C@@H](C)N(C(=O)[C@H]2CNCCO2)C2CC2)cc1C(C)(C)c1ccccc1. The predicted octanol–water partition coefficient (Wildman–Crippen LogP) is 3.00. The first-order valence-corrected chi connectivity index (χ1v) is 12.9. The Balaban J connectivity index is 1.61. The van der Waals surface area contributed by atoms with Crippen molar-refractivity contribution in [1.82, 2.24) is 25.3 Å². The van der Waals surface area contributed by atoms with Crippen LogP contribution in [-0.2, 0) is 26.2 Å². The van der Waals surface area contributed by atoms with Crippen LogP contribution in [-0.4, -0.2) is 72.2 Å². The standard InChI is InChI=1S/C27H39N5O4/c1-19(32(21-11-12-21)25(33)23-18-28-14-16-36-23)22-17-24(27(2,3)20-9-6-5-7-10-20)31(30-22)15-8-13-29-26(34)35-4/h5-7,9-10,17,19,21,23,28H,8,11-16,18H2,1-4H3,(H,29,34)/t19-,23-/m1/s1. The molecule has 4 rings (SSSR count). The van der Waals surface area contributed by atoms with Crippen LogP contribution in [0.15, 0.2) is 36.4 Å². The van der Waals surface area contributed by atoms with Crippen LogP contribution < -0.4 is 10.6 Å². The molecular formula is C27H39N5O4. The van der Waals surface area contributed by atoms with E-state index in [9.17, 15) is 9.59 Å². The van der Waals surface area contributed by atoms with Gasteiger partial charge in [-0.15, -0.1) is 0 Å². The van der Waals surface area contributed by atoms with Crippen molar-refractivity contribution in [3.8, 4) is 0 Å². The maximum Gasteiger partial charge on any atom is 0.406 e. The topological polar surface area (TPSA) is 97.7 Å². The number of amides is 2. The number of rotatable bonds is 10. The molecule has 196 valence electrons. The number of morpholine rings is 1. The van der Waals surface area contributed by atoms with Gasteiger partial charge < -0.3 is 25.0 Å². The lowest BCUT2D eigenvalue weighted by molar-refractivity contribution is -0.148. The minimum absolute atomic E-state index is 0.0397. The van der Waals surface area contributed by atoms with E-state index in [-0.39, 0.29) is 23.4 Å². The molecule has 0 radical (unpaired) electrons. The Morgan fingerprint density at radius 1 is 1.31 bits per heavy atom. The number of nitrogens with one attached hydrogen (secondary N) is 2. The molecule has 36 heavy (non-hydrogen) atoms. The third kappa shape index (κ3) is 5.90. The number of carbonyl (C=O) groups excluding carboxylic acids is 2. The third-order valence-corrected chi connectivity index (χ3v) is 7.18. The maximum atomic E-state index is 13.5. The lowest BCUT2D eigenvalue weighted by Gasteiger charge is -2.33. The minimum atomic E-state index is -0.450. The van der Waals surface area contributed by atoms with E-state index in [1.807, 2.05) is 27.8 Å². The van der Waals surface area contributed by atoms with E-state index in [2.05, 4.69) is 54.3 Å². The highest BCUT2D eigenvalue weighted by Gasteiger charge is 2.41. The number of hydrogen-bond acceptors (Lipinski definition) is 6. The fraction of sp³-hybridized carbons (Fsp3) is 0.593. The molecule has 2 aromatic rings. The summed E-state index contributed by atoms with van der Waals surface area (Å²) >= 11 is 0. The van der Waals surface area contributed by atoms with Crippen molar-refractivity contribution >= 4 is 12.0 Å². The quantitative estimate of drug-likeness (QED) is 0.490. The predicted molar refractivity (Wildman–Crippen MR) is 137 cm³/mol. The van der Waals surface area contributed by atoms with Crippen molar-refractivity contribution in [2.24, 2.45) is 0 Å². The number of nitrogens with zero attached hydrogens (tertiary/aromatic N) is 3. The molecule has 0 spiro atoms. The summed E-state index contributed by atoms with van der Waals surface area (Å²) in [5.41, 5.74) is 2.84. The van der Waals surface area contributed by atoms with Crippen LogP contribution in [0.5, 0.6) is 0 Å². The Hall–Kier alpha value is -2.91. The van der Waals surface area contributed by atoms with Crippen LogP contribution in [0.25, 0.3) is 0 Å². The van der Waals surface area contributed by atoms with Gasteiger partial charge in [0.15, 0.2) is 0 Å². The maximum absolute atomic E-state index is 13.5. The fourth-order valence-electron chi connectivity index (χ4n) is 4.88. The molecule has 9 nitrogen and oxygen atoms in total. The molecular weight excluding hydrogens is 458 g/mol. The Morgan fingerprint density at radius 2 is 2.06 bits per heavy atom. The molecule has 1 saturated heterocycles. The van der Waals surface area contributed by atoms with Crippen LogP contribution in [0.2, 0.25) is 0 Å². The summed E-state index contributed by atoms with van der Waals surface area (Å²) in [4.78, 5) is 26.9. The second kappa shape index (κ2) is 11.4. The first kappa shape index (κ1) is 26.2. The molecule has 2 atom stereocenters. The summed E-state index contributed by atoms with van der Waals surface area (Å²) in [5, 5.41) is 11.0. The van der Waals surface area contributed by atoms with Gasteiger partial charge in [0.05, 0.1) is 25.5 Å². The van der Waals surface area contributed by atoms with E-state index in [0.717, 1.165) is 30.8 Å². The number of alkyl carbamates (subject to hydrolysis) is 1. The van der Waals surface area contributed by atoms with Gasteiger partial charge in [0.25, 0.3) is 5.91 Å². The normalized spacial score (nSPS) is 18.9. The largest absolute Gasteiger partial charge is 0.453 e. The average molecular weight is 498 g/mol. The molecule has 0 bridgehead atoms. The molecule has 2 N–H and O–H groups in total. The van der Waals surface area contributed by atoms with Crippen LogP contribution in [0.3, 0.4) is 0 Å². The number of ether oxygens (including phenoxy) is 2. The van der Waals surface area contributed by atoms with Gasteiger partial charge in [-0.3, -0.25) is 9.48 Å². The number of benzene rings is 1. The number of hydrogen-bond donors (Lipinski definition) is 2. The molecule has 2 amide bonds. The van der Waals surface area contributed by atoms with Gasteiger partial charge in [0.2, 0.25) is 0 Å². The first-order chi connectivity index (χ1) is 17.3. The van der Waals surface area contributed by atoms with Crippen molar-refractivity contribution in [1.29, 1.82) is 0 Å². The van der Waals surface area contributed by atoms with E-state index in [0.29, 0.717) is 32.7 Å². The van der Waals surface area contributed by atoms with Crippen molar-refractivity contribution in [3.05, 3.63) is 53.3 Å². The molecule has 0 unspecified atom stereocenters. The van der Waals surface area contributed by atoms with Gasteiger partial charge in [-0.1, -0.05) is 44.2 Å². The second-order valence-electron chi connectivity index (χ2n) is 10.2. The van der Waals surface area contributed by atoms with E-state index >= 15 is 0 Å². The average Bonchev–Trinajstić information content (AvgIpc) is 3.64. The van der Waals surface area contributed by atoms with Gasteiger partial charge in [-0.25, -0.2) is 4.79 Å². The van der Waals surface area contributed by atoms with Crippen molar-refractivity contribution in [2.45, 2.75) is 70.2 Å². The molecule has 1 aromatic carbocycles. The lowest BCUT2D eigenvalue weighted by Crippen LogP contribution is -2.50. The molecule has 2 aliphatic rings. The molecule has 1 aliphatic heterocycles. The van der Waals surface area contributed by atoms with Crippen LogP contribution >= 0.6 is 0 Å². The second-order valence-corrected chi connectivity index (χ2v) is 10.2. The van der Waals surface area contributed by atoms with Gasteiger partial charge in [-0.2, -0.15) is 5.10 Å².